The quantitative estimate of drug-likeness (QED) is 0.548. The first kappa shape index (κ1) is 20.6. The number of carbonyl (C=O) groups excluding carboxylic acids is 1. The molecule has 0 spiro atoms. The molecule has 8 heteroatoms. The Morgan fingerprint density at radius 1 is 1.05 bits per heavy atom. The van der Waals surface area contributed by atoms with Crippen LogP contribution in [0, 0.1) is 0 Å². The molecule has 0 aliphatic rings. The third-order valence-electron chi connectivity index (χ3n) is 2.23. The summed E-state index contributed by atoms with van der Waals surface area (Å²) >= 11 is 0. The smallest absolute Gasteiger partial charge is 0.407 e. The van der Waals surface area contributed by atoms with Crippen molar-refractivity contribution in [3.63, 3.8) is 0 Å². The van der Waals surface area contributed by atoms with Gasteiger partial charge < -0.3 is 29.4 Å². The number of hydrogen-bond donors (Lipinski definition) is 2. The molecule has 0 fully saturated rings. The van der Waals surface area contributed by atoms with Gasteiger partial charge in [0.1, 0.15) is 5.60 Å². The van der Waals surface area contributed by atoms with Gasteiger partial charge in [0.15, 0.2) is 6.10 Å². The van der Waals surface area contributed by atoms with Gasteiger partial charge in [0.2, 0.25) is 0 Å². The minimum atomic E-state index is -0.999. The number of ether oxygens (including phenoxy) is 4. The lowest BCUT2D eigenvalue weighted by atomic mass is 10.2. The summed E-state index contributed by atoms with van der Waals surface area (Å²) in [7, 11) is 0. The summed E-state index contributed by atoms with van der Waals surface area (Å²) in [6, 6.07) is 0. The van der Waals surface area contributed by atoms with Gasteiger partial charge >= 0.3 is 12.1 Å². The van der Waals surface area contributed by atoms with E-state index in [4.69, 9.17) is 24.1 Å². The largest absolute Gasteiger partial charge is 0.479 e. The number of hydrogen-bond acceptors (Lipinski definition) is 6. The van der Waals surface area contributed by atoms with Crippen molar-refractivity contribution >= 4 is 12.1 Å². The van der Waals surface area contributed by atoms with Crippen LogP contribution in [0.3, 0.4) is 0 Å². The van der Waals surface area contributed by atoms with Gasteiger partial charge in [0.05, 0.1) is 33.0 Å². The zero-order valence-corrected chi connectivity index (χ0v) is 13.7. The Bertz CT molecular complexity index is 328. The van der Waals surface area contributed by atoms with E-state index in [2.05, 4.69) is 5.32 Å². The van der Waals surface area contributed by atoms with Crippen LogP contribution in [0.1, 0.15) is 27.7 Å². The Morgan fingerprint density at radius 2 is 1.59 bits per heavy atom. The molecule has 0 aliphatic carbocycles. The van der Waals surface area contributed by atoms with Crippen molar-refractivity contribution in [3.8, 4) is 0 Å². The molecular formula is C14H27NO7. The monoisotopic (exact) mass is 321 g/mol. The first-order valence-corrected chi connectivity index (χ1v) is 7.19. The van der Waals surface area contributed by atoms with E-state index in [0.29, 0.717) is 33.0 Å². The number of amides is 1. The highest BCUT2D eigenvalue weighted by Gasteiger charge is 2.15. The minimum absolute atomic E-state index is 0.216. The minimum Gasteiger partial charge on any atom is -0.479 e. The molecule has 0 aliphatic heterocycles. The van der Waals surface area contributed by atoms with Crippen LogP contribution in [0.5, 0.6) is 0 Å². The van der Waals surface area contributed by atoms with Crippen molar-refractivity contribution in [3.05, 3.63) is 0 Å². The van der Waals surface area contributed by atoms with Crippen molar-refractivity contribution in [2.45, 2.75) is 39.4 Å². The summed E-state index contributed by atoms with van der Waals surface area (Å²) in [6.07, 6.45) is -1.31. The molecule has 1 amide bonds. The number of carbonyl (C=O) groups is 2. The summed E-state index contributed by atoms with van der Waals surface area (Å²) < 4.78 is 20.5. The Labute approximate surface area is 131 Å². The highest BCUT2D eigenvalue weighted by molar-refractivity contribution is 5.71. The Hall–Kier alpha value is -1.38. The summed E-state index contributed by atoms with van der Waals surface area (Å²) in [5.74, 6) is -0.999. The van der Waals surface area contributed by atoms with Crippen LogP contribution in [-0.2, 0) is 23.7 Å². The standard InChI is InChI=1S/C14H27NO7/c1-11(12(16)17)21-10-9-20-8-7-19-6-5-15-13(18)22-14(2,3)4/h11H,5-10H2,1-4H3,(H,15,18)(H,16,17). The molecule has 0 aromatic rings. The van der Waals surface area contributed by atoms with Crippen molar-refractivity contribution in [1.29, 1.82) is 0 Å². The topological polar surface area (TPSA) is 103 Å². The van der Waals surface area contributed by atoms with Gasteiger partial charge in [-0.2, -0.15) is 0 Å². The van der Waals surface area contributed by atoms with Crippen molar-refractivity contribution < 1.29 is 33.6 Å². The molecule has 0 heterocycles. The van der Waals surface area contributed by atoms with Crippen LogP contribution in [0.25, 0.3) is 0 Å². The van der Waals surface area contributed by atoms with Gasteiger partial charge in [-0.25, -0.2) is 9.59 Å². The van der Waals surface area contributed by atoms with Crippen molar-refractivity contribution in [2.24, 2.45) is 0 Å². The van der Waals surface area contributed by atoms with E-state index in [1.807, 2.05) is 0 Å². The molecule has 0 aromatic carbocycles. The number of aliphatic carboxylic acids is 1. The fourth-order valence-electron chi connectivity index (χ4n) is 1.22. The normalized spacial score (nSPS) is 12.7. The molecule has 1 atom stereocenters. The number of rotatable bonds is 11. The number of carboxylic acid groups (broad SMARTS) is 1. The Balaban J connectivity index is 3.31. The summed E-state index contributed by atoms with van der Waals surface area (Å²) in [5.41, 5.74) is -0.515. The second-order valence-electron chi connectivity index (χ2n) is 5.50. The van der Waals surface area contributed by atoms with Gasteiger partial charge in [0.25, 0.3) is 0 Å². The molecule has 0 saturated heterocycles. The van der Waals surface area contributed by atoms with Gasteiger partial charge in [-0.05, 0) is 27.7 Å². The van der Waals surface area contributed by atoms with Crippen LogP contribution in [0.2, 0.25) is 0 Å². The molecule has 22 heavy (non-hydrogen) atoms. The first-order chi connectivity index (χ1) is 10.2. The van der Waals surface area contributed by atoms with Gasteiger partial charge in [-0.15, -0.1) is 0 Å². The second-order valence-corrected chi connectivity index (χ2v) is 5.50. The van der Waals surface area contributed by atoms with Gasteiger partial charge in [-0.1, -0.05) is 0 Å². The first-order valence-electron chi connectivity index (χ1n) is 7.19. The molecule has 130 valence electrons. The SMILES string of the molecule is CC(OCCOCCOCCNC(=O)OC(C)(C)C)C(=O)O. The van der Waals surface area contributed by atoms with E-state index in [9.17, 15) is 9.59 Å². The zero-order valence-electron chi connectivity index (χ0n) is 13.7. The number of nitrogens with one attached hydrogen (secondary N) is 1. The maximum Gasteiger partial charge on any atom is 0.407 e. The second kappa shape index (κ2) is 11.2. The molecule has 1 unspecified atom stereocenters. The summed E-state index contributed by atoms with van der Waals surface area (Å²) in [6.45, 7) is 8.82. The van der Waals surface area contributed by atoms with E-state index in [0.717, 1.165) is 0 Å². The molecular weight excluding hydrogens is 294 g/mol. The van der Waals surface area contributed by atoms with E-state index in [-0.39, 0.29) is 6.61 Å². The average molecular weight is 321 g/mol. The van der Waals surface area contributed by atoms with Gasteiger partial charge in [0, 0.05) is 6.54 Å². The average Bonchev–Trinajstić information content (AvgIpc) is 2.38. The van der Waals surface area contributed by atoms with Crippen molar-refractivity contribution in [2.75, 3.05) is 39.6 Å². The molecule has 0 bridgehead atoms. The van der Waals surface area contributed by atoms with Crippen LogP contribution in [-0.4, -0.2) is 68.5 Å². The lowest BCUT2D eigenvalue weighted by Gasteiger charge is -2.19. The van der Waals surface area contributed by atoms with E-state index in [1.165, 1.54) is 6.92 Å². The number of alkyl carbamates (subject to hydrolysis) is 1. The Kier molecular flexibility index (Phi) is 10.5. The fourth-order valence-corrected chi connectivity index (χ4v) is 1.22. The maximum atomic E-state index is 11.3. The molecule has 0 rings (SSSR count). The maximum absolute atomic E-state index is 11.3. The highest BCUT2D eigenvalue weighted by atomic mass is 16.6. The number of carboxylic acids is 1. The lowest BCUT2D eigenvalue weighted by Crippen LogP contribution is -2.34. The van der Waals surface area contributed by atoms with Crippen LogP contribution < -0.4 is 5.32 Å². The van der Waals surface area contributed by atoms with Crippen LogP contribution in [0.4, 0.5) is 4.79 Å². The molecule has 8 nitrogen and oxygen atoms in total. The predicted molar refractivity (Wildman–Crippen MR) is 78.9 cm³/mol. The third kappa shape index (κ3) is 13.6. The van der Waals surface area contributed by atoms with Crippen LogP contribution >= 0.6 is 0 Å². The Morgan fingerprint density at radius 3 is 2.14 bits per heavy atom. The lowest BCUT2D eigenvalue weighted by molar-refractivity contribution is -0.150. The van der Waals surface area contributed by atoms with Crippen molar-refractivity contribution in [1.82, 2.24) is 5.32 Å². The van der Waals surface area contributed by atoms with Crippen LogP contribution in [0.15, 0.2) is 0 Å². The summed E-state index contributed by atoms with van der Waals surface area (Å²) in [5, 5.41) is 11.2. The molecule has 0 aromatic heterocycles. The summed E-state index contributed by atoms with van der Waals surface area (Å²) in [4.78, 5) is 21.8. The highest BCUT2D eigenvalue weighted by Crippen LogP contribution is 2.05. The third-order valence-corrected chi connectivity index (χ3v) is 2.23. The fraction of sp³-hybridized carbons (Fsp3) is 0.857. The zero-order chi connectivity index (χ0) is 17.0. The van der Waals surface area contributed by atoms with E-state index in [1.54, 1.807) is 20.8 Å². The predicted octanol–water partition coefficient (Wildman–Crippen LogP) is 1.03. The van der Waals surface area contributed by atoms with E-state index < -0.39 is 23.8 Å². The van der Waals surface area contributed by atoms with E-state index >= 15 is 0 Å². The molecule has 2 N–H and O–H groups in total. The molecule has 0 saturated carbocycles. The van der Waals surface area contributed by atoms with Gasteiger partial charge in [-0.3, -0.25) is 0 Å². The molecule has 0 radical (unpaired) electrons.